The topological polar surface area (TPSA) is 44.5 Å². The number of benzene rings is 2. The molecule has 0 aliphatic heterocycles. The molecule has 2 aromatic carbocycles. The van der Waals surface area contributed by atoms with Crippen molar-refractivity contribution in [3.8, 4) is 11.5 Å². The van der Waals surface area contributed by atoms with Gasteiger partial charge in [0.15, 0.2) is 11.5 Å². The molecule has 2 aromatic rings. The second-order valence-electron chi connectivity index (χ2n) is 4.60. The van der Waals surface area contributed by atoms with E-state index in [1.54, 1.807) is 6.07 Å². The van der Waals surface area contributed by atoms with Gasteiger partial charge in [-0.15, -0.1) is 0 Å². The van der Waals surface area contributed by atoms with E-state index in [1.807, 2.05) is 38.1 Å². The Hall–Kier alpha value is -2.07. The molecule has 2 N–H and O–H groups in total. The largest absolute Gasteiger partial charge is 0.490 e. The molecule has 0 aliphatic carbocycles. The highest BCUT2D eigenvalue weighted by atomic mass is 19.1. The lowest BCUT2D eigenvalue weighted by molar-refractivity contribution is 0.287. The quantitative estimate of drug-likeness (QED) is 0.882. The van der Waals surface area contributed by atoms with Crippen LogP contribution in [0.2, 0.25) is 0 Å². The number of rotatable bonds is 6. The molecule has 3 nitrogen and oxygen atoms in total. The molecular formula is C17H20FNO2. The van der Waals surface area contributed by atoms with Gasteiger partial charge in [-0.2, -0.15) is 0 Å². The molecule has 0 fully saturated rings. The lowest BCUT2D eigenvalue weighted by atomic mass is 9.99. The van der Waals surface area contributed by atoms with E-state index in [1.165, 1.54) is 12.1 Å². The fourth-order valence-electron chi connectivity index (χ4n) is 2.15. The van der Waals surface area contributed by atoms with E-state index in [2.05, 4.69) is 0 Å². The van der Waals surface area contributed by atoms with Crippen LogP contribution in [0.1, 0.15) is 31.0 Å². The van der Waals surface area contributed by atoms with Gasteiger partial charge in [-0.3, -0.25) is 0 Å². The zero-order chi connectivity index (χ0) is 15.2. The Balaban J connectivity index is 2.32. The first kappa shape index (κ1) is 15.3. The van der Waals surface area contributed by atoms with Crippen molar-refractivity contribution < 1.29 is 13.9 Å². The number of nitrogens with two attached hydrogens (primary N) is 1. The first-order valence-corrected chi connectivity index (χ1v) is 7.06. The van der Waals surface area contributed by atoms with Crippen LogP contribution < -0.4 is 15.2 Å². The summed E-state index contributed by atoms with van der Waals surface area (Å²) in [6, 6.07) is 11.5. The summed E-state index contributed by atoms with van der Waals surface area (Å²) >= 11 is 0. The normalized spacial score (nSPS) is 12.0. The third-order valence-corrected chi connectivity index (χ3v) is 3.13. The zero-order valence-electron chi connectivity index (χ0n) is 12.3. The van der Waals surface area contributed by atoms with E-state index in [-0.39, 0.29) is 5.82 Å². The Bertz CT molecular complexity index is 601. The molecule has 0 spiro atoms. The van der Waals surface area contributed by atoms with E-state index >= 15 is 0 Å². The minimum Gasteiger partial charge on any atom is -0.490 e. The highest BCUT2D eigenvalue weighted by molar-refractivity contribution is 5.45. The molecule has 0 saturated heterocycles. The molecule has 0 bridgehead atoms. The summed E-state index contributed by atoms with van der Waals surface area (Å²) in [6.07, 6.45) is 0. The Kier molecular flexibility index (Phi) is 5.17. The van der Waals surface area contributed by atoms with Crippen LogP contribution in [0.25, 0.3) is 0 Å². The predicted octanol–water partition coefficient (Wildman–Crippen LogP) is 3.67. The third kappa shape index (κ3) is 3.73. The molecule has 4 heteroatoms. The van der Waals surface area contributed by atoms with Crippen LogP contribution in [0.5, 0.6) is 11.5 Å². The summed E-state index contributed by atoms with van der Waals surface area (Å²) in [5.41, 5.74) is 7.79. The summed E-state index contributed by atoms with van der Waals surface area (Å²) in [5, 5.41) is 0. The summed E-state index contributed by atoms with van der Waals surface area (Å²) < 4.78 is 24.4. The number of ether oxygens (including phenoxy) is 2. The van der Waals surface area contributed by atoms with Crippen molar-refractivity contribution in [2.45, 2.75) is 19.9 Å². The van der Waals surface area contributed by atoms with Gasteiger partial charge >= 0.3 is 0 Å². The molecule has 0 aromatic heterocycles. The van der Waals surface area contributed by atoms with Crippen LogP contribution in [0.15, 0.2) is 42.5 Å². The summed E-state index contributed by atoms with van der Waals surface area (Å²) in [7, 11) is 0. The van der Waals surface area contributed by atoms with Gasteiger partial charge in [0, 0.05) is 0 Å². The second-order valence-corrected chi connectivity index (χ2v) is 4.60. The first-order valence-electron chi connectivity index (χ1n) is 7.06. The van der Waals surface area contributed by atoms with Gasteiger partial charge in [0.2, 0.25) is 0 Å². The lowest BCUT2D eigenvalue weighted by Gasteiger charge is -2.16. The molecule has 0 heterocycles. The second kappa shape index (κ2) is 7.09. The van der Waals surface area contributed by atoms with E-state index in [4.69, 9.17) is 15.2 Å². The fourth-order valence-corrected chi connectivity index (χ4v) is 2.15. The molecule has 1 unspecified atom stereocenters. The fraction of sp³-hybridized carbons (Fsp3) is 0.294. The number of hydrogen-bond donors (Lipinski definition) is 1. The monoisotopic (exact) mass is 289 g/mol. The van der Waals surface area contributed by atoms with Gasteiger partial charge < -0.3 is 15.2 Å². The number of halogens is 1. The Morgan fingerprint density at radius 3 is 2.29 bits per heavy atom. The predicted molar refractivity (Wildman–Crippen MR) is 81.2 cm³/mol. The average Bonchev–Trinajstić information content (AvgIpc) is 2.49. The molecule has 0 amide bonds. The summed E-state index contributed by atoms with van der Waals surface area (Å²) in [4.78, 5) is 0. The van der Waals surface area contributed by atoms with Gasteiger partial charge in [-0.1, -0.05) is 18.2 Å². The highest BCUT2D eigenvalue weighted by Gasteiger charge is 2.13. The van der Waals surface area contributed by atoms with Crippen LogP contribution in [-0.4, -0.2) is 13.2 Å². The van der Waals surface area contributed by atoms with Gasteiger partial charge in [-0.05, 0) is 49.2 Å². The Labute approximate surface area is 124 Å². The standard InChI is InChI=1S/C17H20FNO2/c1-3-20-15-9-8-13(11-16(15)21-4-2)17(19)12-6-5-7-14(18)10-12/h5-11,17H,3-4,19H2,1-2H3. The van der Waals surface area contributed by atoms with Gasteiger partial charge in [0.1, 0.15) is 5.82 Å². The molecule has 0 aliphatic rings. The molecule has 0 radical (unpaired) electrons. The van der Waals surface area contributed by atoms with Crippen molar-refractivity contribution in [2.75, 3.05) is 13.2 Å². The van der Waals surface area contributed by atoms with Crippen molar-refractivity contribution in [3.05, 3.63) is 59.4 Å². The van der Waals surface area contributed by atoms with Crippen molar-refractivity contribution in [2.24, 2.45) is 5.73 Å². The maximum atomic E-state index is 13.3. The third-order valence-electron chi connectivity index (χ3n) is 3.13. The smallest absolute Gasteiger partial charge is 0.161 e. The molecule has 21 heavy (non-hydrogen) atoms. The summed E-state index contributed by atoms with van der Waals surface area (Å²) in [5.74, 6) is 1.05. The Morgan fingerprint density at radius 2 is 1.62 bits per heavy atom. The van der Waals surface area contributed by atoms with Crippen LogP contribution in [0.3, 0.4) is 0 Å². The highest BCUT2D eigenvalue weighted by Crippen LogP contribution is 2.32. The SMILES string of the molecule is CCOc1ccc(C(N)c2cccc(F)c2)cc1OCC. The number of hydrogen-bond acceptors (Lipinski definition) is 3. The van der Waals surface area contributed by atoms with Crippen LogP contribution >= 0.6 is 0 Å². The minimum atomic E-state index is -0.407. The Morgan fingerprint density at radius 1 is 0.952 bits per heavy atom. The maximum Gasteiger partial charge on any atom is 0.161 e. The molecule has 112 valence electrons. The van der Waals surface area contributed by atoms with E-state index in [9.17, 15) is 4.39 Å². The van der Waals surface area contributed by atoms with E-state index in [0.717, 1.165) is 11.1 Å². The van der Waals surface area contributed by atoms with Crippen molar-refractivity contribution in [1.29, 1.82) is 0 Å². The van der Waals surface area contributed by atoms with E-state index < -0.39 is 6.04 Å². The minimum absolute atomic E-state index is 0.293. The van der Waals surface area contributed by atoms with E-state index in [0.29, 0.717) is 24.7 Å². The molecular weight excluding hydrogens is 269 g/mol. The lowest BCUT2D eigenvalue weighted by Crippen LogP contribution is -2.12. The molecule has 1 atom stereocenters. The van der Waals surface area contributed by atoms with Crippen molar-refractivity contribution in [3.63, 3.8) is 0 Å². The molecule has 2 rings (SSSR count). The molecule has 0 saturated carbocycles. The maximum absolute atomic E-state index is 13.3. The van der Waals surface area contributed by atoms with Gasteiger partial charge in [-0.25, -0.2) is 4.39 Å². The summed E-state index contributed by atoms with van der Waals surface area (Å²) in [6.45, 7) is 4.94. The van der Waals surface area contributed by atoms with Crippen molar-refractivity contribution >= 4 is 0 Å². The van der Waals surface area contributed by atoms with Gasteiger partial charge in [0.25, 0.3) is 0 Å². The van der Waals surface area contributed by atoms with Crippen LogP contribution in [-0.2, 0) is 0 Å². The van der Waals surface area contributed by atoms with Crippen molar-refractivity contribution in [1.82, 2.24) is 0 Å². The first-order chi connectivity index (χ1) is 10.2. The van der Waals surface area contributed by atoms with Crippen LogP contribution in [0, 0.1) is 5.82 Å². The van der Waals surface area contributed by atoms with Crippen LogP contribution in [0.4, 0.5) is 4.39 Å². The van der Waals surface area contributed by atoms with Gasteiger partial charge in [0.05, 0.1) is 19.3 Å². The average molecular weight is 289 g/mol. The zero-order valence-corrected chi connectivity index (χ0v) is 12.3.